The van der Waals surface area contributed by atoms with Crippen LogP contribution in [0.25, 0.3) is 0 Å². The number of hydrogen-bond acceptors (Lipinski definition) is 4. The molecule has 2 aromatic rings. The third-order valence-electron chi connectivity index (χ3n) is 5.55. The highest BCUT2D eigenvalue weighted by Gasteiger charge is 2.34. The minimum absolute atomic E-state index is 0.0749. The normalized spacial score (nSPS) is 16.3. The van der Waals surface area contributed by atoms with Crippen LogP contribution in [0, 0.1) is 11.2 Å². The molecule has 0 saturated heterocycles. The fraction of sp³-hybridized carbons (Fsp3) is 0.440. The van der Waals surface area contributed by atoms with Gasteiger partial charge in [-0.3, -0.25) is 9.80 Å². The summed E-state index contributed by atoms with van der Waals surface area (Å²) in [5.74, 6) is -0.235. The van der Waals surface area contributed by atoms with Gasteiger partial charge in [-0.2, -0.15) is 5.10 Å². The van der Waals surface area contributed by atoms with Crippen molar-refractivity contribution in [3.63, 3.8) is 0 Å². The Bertz CT molecular complexity index is 948. The first-order valence-electron chi connectivity index (χ1n) is 10.8. The zero-order valence-electron chi connectivity index (χ0n) is 19.0. The second kappa shape index (κ2) is 9.50. The van der Waals surface area contributed by atoms with E-state index in [9.17, 15) is 9.18 Å². The second-order valence-corrected chi connectivity index (χ2v) is 8.91. The van der Waals surface area contributed by atoms with Crippen LogP contribution in [-0.2, 0) is 0 Å². The van der Waals surface area contributed by atoms with E-state index < -0.39 is 0 Å². The molecular weight excluding hydrogens is 393 g/mol. The average Bonchev–Trinajstić information content (AvgIpc) is 3.20. The minimum Gasteiger partial charge on any atom is -0.494 e. The summed E-state index contributed by atoms with van der Waals surface area (Å²) in [6.45, 7) is 9.15. The highest BCUT2D eigenvalue weighted by Crippen LogP contribution is 2.40. The summed E-state index contributed by atoms with van der Waals surface area (Å²) in [4.78, 5) is 12.3. The Morgan fingerprint density at radius 3 is 2.52 bits per heavy atom. The van der Waals surface area contributed by atoms with E-state index in [2.05, 4.69) is 33.0 Å². The maximum absolute atomic E-state index is 14.4. The van der Waals surface area contributed by atoms with Gasteiger partial charge in [0.05, 0.1) is 18.8 Å². The predicted molar refractivity (Wildman–Crippen MR) is 123 cm³/mol. The van der Waals surface area contributed by atoms with Crippen LogP contribution in [0.15, 0.2) is 47.6 Å². The van der Waals surface area contributed by atoms with Gasteiger partial charge in [0.1, 0.15) is 0 Å². The smallest absolute Gasteiger partial charge is 0.251 e. The standard InChI is InChI=1S/C25H32FN3O2/c1-6-7-14-27-24(30)17-8-11-19(12-9-17)29-21(16-23(28-29)25(2,3)4)18-10-13-22(31-5)20(26)15-18/h8-13,15,21H,6-7,14,16H2,1-5H3,(H,27,30). The van der Waals surface area contributed by atoms with Gasteiger partial charge in [0.25, 0.3) is 5.91 Å². The summed E-state index contributed by atoms with van der Waals surface area (Å²) in [6, 6.07) is 12.4. The van der Waals surface area contributed by atoms with Crippen molar-refractivity contribution in [2.45, 2.75) is 53.0 Å². The number of halogens is 1. The maximum Gasteiger partial charge on any atom is 0.251 e. The predicted octanol–water partition coefficient (Wildman–Crippen LogP) is 5.72. The first-order valence-corrected chi connectivity index (χ1v) is 10.8. The van der Waals surface area contributed by atoms with Crippen LogP contribution in [0.1, 0.15) is 68.9 Å². The topological polar surface area (TPSA) is 53.9 Å². The molecular formula is C25H32FN3O2. The first kappa shape index (κ1) is 22.8. The number of hydrogen-bond donors (Lipinski definition) is 1. The van der Waals surface area contributed by atoms with Gasteiger partial charge in [0.2, 0.25) is 0 Å². The molecule has 3 rings (SSSR count). The Morgan fingerprint density at radius 2 is 1.94 bits per heavy atom. The van der Waals surface area contributed by atoms with E-state index in [1.54, 1.807) is 6.07 Å². The third-order valence-corrected chi connectivity index (χ3v) is 5.55. The molecule has 1 heterocycles. The van der Waals surface area contributed by atoms with Gasteiger partial charge in [-0.05, 0) is 48.4 Å². The molecule has 0 radical (unpaired) electrons. The van der Waals surface area contributed by atoms with Gasteiger partial charge >= 0.3 is 0 Å². The second-order valence-electron chi connectivity index (χ2n) is 8.91. The Balaban J connectivity index is 1.88. The quantitative estimate of drug-likeness (QED) is 0.578. The largest absolute Gasteiger partial charge is 0.494 e. The monoisotopic (exact) mass is 425 g/mol. The number of amides is 1. The van der Waals surface area contributed by atoms with Gasteiger partial charge in [-0.1, -0.05) is 40.2 Å². The van der Waals surface area contributed by atoms with Gasteiger partial charge in [-0.25, -0.2) is 4.39 Å². The molecule has 1 aliphatic heterocycles. The van der Waals surface area contributed by atoms with Crippen molar-refractivity contribution in [2.24, 2.45) is 10.5 Å². The number of unbranched alkanes of at least 4 members (excludes halogenated alkanes) is 1. The maximum atomic E-state index is 14.4. The molecule has 0 aromatic heterocycles. The molecule has 0 bridgehead atoms. The lowest BCUT2D eigenvalue weighted by molar-refractivity contribution is 0.0953. The van der Waals surface area contributed by atoms with Crippen molar-refractivity contribution in [2.75, 3.05) is 18.7 Å². The number of ether oxygens (including phenoxy) is 1. The lowest BCUT2D eigenvalue weighted by Gasteiger charge is -2.24. The highest BCUT2D eigenvalue weighted by molar-refractivity contribution is 5.95. The third kappa shape index (κ3) is 5.24. The van der Waals surface area contributed by atoms with Gasteiger partial charge in [0, 0.05) is 29.7 Å². The molecule has 0 saturated carbocycles. The average molecular weight is 426 g/mol. The molecule has 1 N–H and O–H groups in total. The number of carbonyl (C=O) groups is 1. The molecule has 1 unspecified atom stereocenters. The van der Waals surface area contributed by atoms with Crippen LogP contribution < -0.4 is 15.1 Å². The van der Waals surface area contributed by atoms with Crippen molar-refractivity contribution >= 4 is 17.3 Å². The Kier molecular flexibility index (Phi) is 6.98. The fourth-order valence-corrected chi connectivity index (χ4v) is 3.60. The van der Waals surface area contributed by atoms with Crippen molar-refractivity contribution in [1.82, 2.24) is 5.32 Å². The molecule has 166 valence electrons. The van der Waals surface area contributed by atoms with E-state index in [-0.39, 0.29) is 28.9 Å². The molecule has 1 atom stereocenters. The molecule has 1 amide bonds. The van der Waals surface area contributed by atoms with Crippen molar-refractivity contribution in [1.29, 1.82) is 0 Å². The summed E-state index contributed by atoms with van der Waals surface area (Å²) in [5.41, 5.74) is 3.27. The number of benzene rings is 2. The fourth-order valence-electron chi connectivity index (χ4n) is 3.60. The van der Waals surface area contributed by atoms with E-state index in [4.69, 9.17) is 9.84 Å². The number of rotatable bonds is 7. The van der Waals surface area contributed by atoms with Crippen molar-refractivity contribution < 1.29 is 13.9 Å². The Hall–Kier alpha value is -2.89. The summed E-state index contributed by atoms with van der Waals surface area (Å²) in [7, 11) is 1.46. The number of carbonyl (C=O) groups excluding carboxylic acids is 1. The van der Waals surface area contributed by atoms with Crippen molar-refractivity contribution in [3.05, 3.63) is 59.4 Å². The van der Waals surface area contributed by atoms with E-state index in [1.165, 1.54) is 13.2 Å². The minimum atomic E-state index is -0.386. The summed E-state index contributed by atoms with van der Waals surface area (Å²) < 4.78 is 19.5. The Morgan fingerprint density at radius 1 is 1.23 bits per heavy atom. The summed E-state index contributed by atoms with van der Waals surface area (Å²) in [5, 5.41) is 9.76. The molecule has 5 nitrogen and oxygen atoms in total. The molecule has 31 heavy (non-hydrogen) atoms. The summed E-state index contributed by atoms with van der Waals surface area (Å²) >= 11 is 0. The number of nitrogens with one attached hydrogen (secondary N) is 1. The number of hydrazone groups is 1. The number of methoxy groups -OCH3 is 1. The molecule has 1 aliphatic rings. The number of nitrogens with zero attached hydrogens (tertiary/aromatic N) is 2. The molecule has 6 heteroatoms. The van der Waals surface area contributed by atoms with Crippen LogP contribution in [0.2, 0.25) is 0 Å². The zero-order chi connectivity index (χ0) is 22.6. The van der Waals surface area contributed by atoms with Crippen LogP contribution in [-0.4, -0.2) is 25.3 Å². The van der Waals surface area contributed by atoms with Crippen LogP contribution in [0.5, 0.6) is 5.75 Å². The SMILES string of the molecule is CCCCNC(=O)c1ccc(N2N=C(C(C)(C)C)CC2c2ccc(OC)c(F)c2)cc1. The van der Waals surface area contributed by atoms with Crippen LogP contribution in [0.3, 0.4) is 0 Å². The van der Waals surface area contributed by atoms with Crippen LogP contribution in [0.4, 0.5) is 10.1 Å². The lowest BCUT2D eigenvalue weighted by atomic mass is 9.86. The van der Waals surface area contributed by atoms with E-state index >= 15 is 0 Å². The van der Waals surface area contributed by atoms with Gasteiger partial charge in [0.15, 0.2) is 11.6 Å². The lowest BCUT2D eigenvalue weighted by Crippen LogP contribution is -2.24. The van der Waals surface area contributed by atoms with E-state index in [0.717, 1.165) is 29.8 Å². The Labute approximate surface area is 184 Å². The van der Waals surface area contributed by atoms with E-state index in [0.29, 0.717) is 18.5 Å². The van der Waals surface area contributed by atoms with E-state index in [1.807, 2.05) is 35.3 Å². The summed E-state index contributed by atoms with van der Waals surface area (Å²) in [6.07, 6.45) is 2.70. The zero-order valence-corrected chi connectivity index (χ0v) is 19.0. The van der Waals surface area contributed by atoms with Crippen LogP contribution >= 0.6 is 0 Å². The molecule has 0 aliphatic carbocycles. The molecule has 0 fully saturated rings. The van der Waals surface area contributed by atoms with Gasteiger partial charge < -0.3 is 10.1 Å². The number of anilines is 1. The van der Waals surface area contributed by atoms with Gasteiger partial charge in [-0.15, -0.1) is 0 Å². The molecule has 2 aromatic carbocycles. The molecule has 0 spiro atoms. The first-order chi connectivity index (χ1) is 14.7. The highest BCUT2D eigenvalue weighted by atomic mass is 19.1. The van der Waals surface area contributed by atoms with Crippen molar-refractivity contribution in [3.8, 4) is 5.75 Å².